The first-order chi connectivity index (χ1) is 10.7. The molecule has 0 unspecified atom stereocenters. The molecule has 3 N–H and O–H groups in total. The Bertz CT molecular complexity index is 760. The summed E-state index contributed by atoms with van der Waals surface area (Å²) in [6, 6.07) is 6.08. The van der Waals surface area contributed by atoms with E-state index in [1.165, 1.54) is 0 Å². The van der Waals surface area contributed by atoms with Crippen molar-refractivity contribution < 1.29 is 4.42 Å². The van der Waals surface area contributed by atoms with E-state index in [0.29, 0.717) is 23.5 Å². The van der Waals surface area contributed by atoms with E-state index in [9.17, 15) is 0 Å². The lowest BCUT2D eigenvalue weighted by Gasteiger charge is -1.99. The van der Waals surface area contributed by atoms with E-state index in [-0.39, 0.29) is 24.8 Å². The Labute approximate surface area is 156 Å². The third-order valence-corrected chi connectivity index (χ3v) is 3.39. The zero-order chi connectivity index (χ0) is 15.4. The van der Waals surface area contributed by atoms with Crippen molar-refractivity contribution in [2.24, 2.45) is 0 Å². The number of H-pyrrole nitrogens is 1. The van der Waals surface area contributed by atoms with Crippen LogP contribution >= 0.6 is 36.4 Å². The molecule has 0 spiro atoms. The molecule has 0 saturated carbocycles. The standard InChI is InChI=1S/C14H17ClN6O.2ClH/c1-16-8-13-20-21-14(22-13)17-6-2-3-12-18-10-5-4-9(15)7-11(10)19-12;;/h4-5,7,16H,2-3,6,8H2,1H3,(H,17,21)(H,18,19);2*1H. The van der Waals surface area contributed by atoms with Crippen LogP contribution in [0.5, 0.6) is 0 Å². The Morgan fingerprint density at radius 3 is 2.88 bits per heavy atom. The quantitative estimate of drug-likeness (QED) is 0.534. The predicted molar refractivity (Wildman–Crippen MR) is 99.5 cm³/mol. The number of anilines is 1. The van der Waals surface area contributed by atoms with E-state index < -0.39 is 0 Å². The summed E-state index contributed by atoms with van der Waals surface area (Å²) in [4.78, 5) is 7.80. The first-order valence-corrected chi connectivity index (χ1v) is 7.47. The number of aromatic amines is 1. The number of rotatable bonds is 7. The highest BCUT2D eigenvalue weighted by molar-refractivity contribution is 6.31. The Hall–Kier alpha value is -1.54. The maximum Gasteiger partial charge on any atom is 0.315 e. The molecule has 0 saturated heterocycles. The van der Waals surface area contributed by atoms with Gasteiger partial charge in [-0.15, -0.1) is 29.9 Å². The molecule has 2 aromatic heterocycles. The molecule has 132 valence electrons. The average molecular weight is 394 g/mol. The molecule has 0 aliphatic carbocycles. The monoisotopic (exact) mass is 392 g/mol. The largest absolute Gasteiger partial charge is 0.407 e. The third-order valence-electron chi connectivity index (χ3n) is 3.15. The summed E-state index contributed by atoms with van der Waals surface area (Å²) in [5, 5.41) is 14.6. The summed E-state index contributed by atoms with van der Waals surface area (Å²) in [5.41, 5.74) is 1.89. The van der Waals surface area contributed by atoms with Gasteiger partial charge < -0.3 is 20.0 Å². The Morgan fingerprint density at radius 2 is 2.08 bits per heavy atom. The molecule has 3 aromatic rings. The highest BCUT2D eigenvalue weighted by Gasteiger charge is 2.05. The van der Waals surface area contributed by atoms with E-state index in [0.717, 1.165) is 36.2 Å². The number of benzene rings is 1. The van der Waals surface area contributed by atoms with E-state index in [4.69, 9.17) is 16.0 Å². The second-order valence-electron chi connectivity index (χ2n) is 4.91. The van der Waals surface area contributed by atoms with Gasteiger partial charge in [0, 0.05) is 18.0 Å². The molecule has 10 heteroatoms. The van der Waals surface area contributed by atoms with Crippen molar-refractivity contribution in [3.05, 3.63) is 34.9 Å². The Morgan fingerprint density at radius 1 is 1.25 bits per heavy atom. The zero-order valence-electron chi connectivity index (χ0n) is 13.0. The third kappa shape index (κ3) is 5.24. The highest BCUT2D eigenvalue weighted by atomic mass is 35.5. The molecule has 0 amide bonds. The van der Waals surface area contributed by atoms with Crippen molar-refractivity contribution >= 4 is 53.5 Å². The summed E-state index contributed by atoms with van der Waals surface area (Å²) in [6.07, 6.45) is 1.73. The van der Waals surface area contributed by atoms with Crippen molar-refractivity contribution in [2.45, 2.75) is 19.4 Å². The number of hydrogen-bond acceptors (Lipinski definition) is 6. The molecular formula is C14H19Cl3N6O. The molecule has 0 radical (unpaired) electrons. The van der Waals surface area contributed by atoms with Crippen LogP contribution in [0.15, 0.2) is 22.6 Å². The summed E-state index contributed by atoms with van der Waals surface area (Å²) in [5.74, 6) is 1.51. The number of hydrogen-bond donors (Lipinski definition) is 3. The number of fused-ring (bicyclic) bond motifs is 1. The van der Waals surface area contributed by atoms with Gasteiger partial charge in [0.2, 0.25) is 5.89 Å². The minimum Gasteiger partial charge on any atom is -0.407 e. The molecule has 0 atom stereocenters. The summed E-state index contributed by atoms with van der Waals surface area (Å²) in [6.45, 7) is 1.30. The number of nitrogens with one attached hydrogen (secondary N) is 3. The minimum atomic E-state index is 0. The van der Waals surface area contributed by atoms with Crippen molar-refractivity contribution in [1.82, 2.24) is 25.5 Å². The van der Waals surface area contributed by atoms with Crippen LogP contribution in [-0.2, 0) is 13.0 Å². The lowest BCUT2D eigenvalue weighted by molar-refractivity contribution is 0.489. The minimum absolute atomic E-state index is 0. The van der Waals surface area contributed by atoms with Crippen LogP contribution in [0.4, 0.5) is 6.01 Å². The van der Waals surface area contributed by atoms with E-state index in [1.54, 1.807) is 0 Å². The van der Waals surface area contributed by atoms with Gasteiger partial charge in [0.15, 0.2) is 0 Å². The summed E-state index contributed by atoms with van der Waals surface area (Å²) >= 11 is 5.96. The maximum atomic E-state index is 5.96. The predicted octanol–water partition coefficient (Wildman–Crippen LogP) is 3.21. The van der Waals surface area contributed by atoms with Gasteiger partial charge in [-0.25, -0.2) is 4.98 Å². The fraction of sp³-hybridized carbons (Fsp3) is 0.357. The molecule has 0 fully saturated rings. The molecule has 0 bridgehead atoms. The number of aryl methyl sites for hydroxylation is 1. The SMILES string of the molecule is CNCc1nnc(NCCCc2nc3ccc(Cl)cc3[nH]2)o1.Cl.Cl. The van der Waals surface area contributed by atoms with Crippen molar-refractivity contribution in [2.75, 3.05) is 18.9 Å². The van der Waals surface area contributed by atoms with Gasteiger partial charge in [-0.2, -0.15) is 0 Å². The van der Waals surface area contributed by atoms with Gasteiger partial charge in [-0.1, -0.05) is 16.7 Å². The molecule has 2 heterocycles. The van der Waals surface area contributed by atoms with Gasteiger partial charge in [0.05, 0.1) is 17.6 Å². The van der Waals surface area contributed by atoms with Gasteiger partial charge >= 0.3 is 6.01 Å². The van der Waals surface area contributed by atoms with Crippen molar-refractivity contribution in [1.29, 1.82) is 0 Å². The topological polar surface area (TPSA) is 91.7 Å². The van der Waals surface area contributed by atoms with Gasteiger partial charge in [-0.3, -0.25) is 0 Å². The molecule has 3 rings (SSSR count). The fourth-order valence-electron chi connectivity index (χ4n) is 2.15. The van der Waals surface area contributed by atoms with E-state index >= 15 is 0 Å². The lowest BCUT2D eigenvalue weighted by atomic mass is 10.3. The fourth-order valence-corrected chi connectivity index (χ4v) is 2.32. The van der Waals surface area contributed by atoms with Gasteiger partial charge in [0.25, 0.3) is 0 Å². The first-order valence-electron chi connectivity index (χ1n) is 7.09. The number of nitrogens with zero attached hydrogens (tertiary/aromatic N) is 3. The summed E-state index contributed by atoms with van der Waals surface area (Å²) in [7, 11) is 1.83. The molecule has 7 nitrogen and oxygen atoms in total. The molecule has 0 aliphatic heterocycles. The normalized spacial score (nSPS) is 10.2. The lowest BCUT2D eigenvalue weighted by Crippen LogP contribution is -2.05. The Kier molecular flexibility index (Phi) is 8.27. The maximum absolute atomic E-state index is 5.96. The molecule has 0 aliphatic rings. The second-order valence-corrected chi connectivity index (χ2v) is 5.34. The van der Waals surface area contributed by atoms with Crippen LogP contribution in [0.2, 0.25) is 5.02 Å². The summed E-state index contributed by atoms with van der Waals surface area (Å²) < 4.78 is 5.40. The van der Waals surface area contributed by atoms with Crippen LogP contribution < -0.4 is 10.6 Å². The molecule has 1 aromatic carbocycles. The van der Waals surface area contributed by atoms with Crippen molar-refractivity contribution in [3.8, 4) is 0 Å². The van der Waals surface area contributed by atoms with Crippen molar-refractivity contribution in [3.63, 3.8) is 0 Å². The number of imidazole rings is 1. The second kappa shape index (κ2) is 9.68. The molecule has 24 heavy (non-hydrogen) atoms. The highest BCUT2D eigenvalue weighted by Crippen LogP contribution is 2.17. The van der Waals surface area contributed by atoms with Crippen LogP contribution in [-0.4, -0.2) is 33.8 Å². The van der Waals surface area contributed by atoms with E-state index in [1.807, 2.05) is 25.2 Å². The number of halogens is 3. The van der Waals surface area contributed by atoms with Gasteiger partial charge in [0.1, 0.15) is 5.82 Å². The van der Waals surface area contributed by atoms with Crippen LogP contribution in [0.1, 0.15) is 18.1 Å². The van der Waals surface area contributed by atoms with Crippen LogP contribution in [0, 0.1) is 0 Å². The van der Waals surface area contributed by atoms with E-state index in [2.05, 4.69) is 30.8 Å². The smallest absolute Gasteiger partial charge is 0.315 e. The number of aromatic nitrogens is 4. The van der Waals surface area contributed by atoms with Crippen LogP contribution in [0.25, 0.3) is 11.0 Å². The zero-order valence-corrected chi connectivity index (χ0v) is 15.4. The molecular weight excluding hydrogens is 375 g/mol. The Balaban J connectivity index is 0.00000144. The van der Waals surface area contributed by atoms with Crippen LogP contribution in [0.3, 0.4) is 0 Å². The average Bonchev–Trinajstić information content (AvgIpc) is 3.10. The first kappa shape index (κ1) is 20.5. The van der Waals surface area contributed by atoms with Gasteiger partial charge in [-0.05, 0) is 31.7 Å².